The van der Waals surface area contributed by atoms with E-state index in [0.717, 1.165) is 25.7 Å². The van der Waals surface area contributed by atoms with Gasteiger partial charge in [0.05, 0.1) is 10.2 Å². The number of halogens is 1. The number of hydrogen-bond acceptors (Lipinski definition) is 6. The first kappa shape index (κ1) is 14.5. The highest BCUT2D eigenvalue weighted by Gasteiger charge is 2.19. The number of rotatable bonds is 3. The van der Waals surface area contributed by atoms with Crippen molar-refractivity contribution < 1.29 is 0 Å². The highest BCUT2D eigenvalue weighted by Crippen LogP contribution is 2.27. The van der Waals surface area contributed by atoms with Gasteiger partial charge >= 0.3 is 0 Å². The zero-order valence-electron chi connectivity index (χ0n) is 12.4. The average Bonchev–Trinajstić information content (AvgIpc) is 3.22. The van der Waals surface area contributed by atoms with Crippen molar-refractivity contribution in [3.05, 3.63) is 45.9 Å². The molecule has 4 rings (SSSR count). The fraction of sp³-hybridized carbons (Fsp3) is 0.214. The van der Waals surface area contributed by atoms with Gasteiger partial charge in [0.15, 0.2) is 5.82 Å². The molecule has 0 fully saturated rings. The van der Waals surface area contributed by atoms with E-state index in [4.69, 9.17) is 0 Å². The first-order valence-corrected chi connectivity index (χ1v) is 8.58. The quantitative estimate of drug-likeness (QED) is 0.538. The van der Waals surface area contributed by atoms with Crippen molar-refractivity contribution in [1.82, 2.24) is 34.6 Å². The van der Waals surface area contributed by atoms with Gasteiger partial charge in [0.25, 0.3) is 0 Å². The molecule has 7 nitrogen and oxygen atoms in total. The van der Waals surface area contributed by atoms with E-state index in [2.05, 4.69) is 48.2 Å². The molecule has 0 saturated heterocycles. The Morgan fingerprint density at radius 2 is 2.13 bits per heavy atom. The first-order chi connectivity index (χ1) is 11.1. The Morgan fingerprint density at radius 1 is 1.26 bits per heavy atom. The monoisotopic (exact) mass is 389 g/mol. The number of fused-ring (bicyclic) bond motifs is 1. The van der Waals surface area contributed by atoms with E-state index in [-0.39, 0.29) is 6.04 Å². The zero-order chi connectivity index (χ0) is 16.0. The van der Waals surface area contributed by atoms with Crippen LogP contribution in [-0.4, -0.2) is 34.6 Å². The van der Waals surface area contributed by atoms with Crippen LogP contribution in [0.15, 0.2) is 35.2 Å². The van der Waals surface area contributed by atoms with Crippen molar-refractivity contribution in [2.24, 2.45) is 0 Å². The molecule has 0 aromatic carbocycles. The minimum atomic E-state index is 0.0217. The van der Waals surface area contributed by atoms with E-state index >= 15 is 0 Å². The predicted octanol–water partition coefficient (Wildman–Crippen LogP) is 3.12. The molecule has 0 bridgehead atoms. The minimum absolute atomic E-state index is 0.0217. The molecule has 0 aliphatic heterocycles. The van der Waals surface area contributed by atoms with Crippen LogP contribution < -0.4 is 0 Å². The second-order valence-electron chi connectivity index (χ2n) is 5.12. The molecule has 0 amide bonds. The SMILES string of the molecule is Cc1nn(C(C)c2nn3c(-c4cccnc4)nnc3s2)cc1Br. The van der Waals surface area contributed by atoms with Crippen LogP contribution in [0.3, 0.4) is 0 Å². The van der Waals surface area contributed by atoms with Gasteiger partial charge in [0.1, 0.15) is 11.0 Å². The van der Waals surface area contributed by atoms with Gasteiger partial charge in [-0.3, -0.25) is 9.67 Å². The Kier molecular flexibility index (Phi) is 3.46. The molecule has 4 aromatic heterocycles. The molecule has 0 aliphatic rings. The van der Waals surface area contributed by atoms with Gasteiger partial charge in [0, 0.05) is 24.2 Å². The van der Waals surface area contributed by atoms with Crippen LogP contribution in [0.1, 0.15) is 23.7 Å². The van der Waals surface area contributed by atoms with Gasteiger partial charge < -0.3 is 0 Å². The Labute approximate surface area is 144 Å². The summed E-state index contributed by atoms with van der Waals surface area (Å²) >= 11 is 5.00. The van der Waals surface area contributed by atoms with Crippen LogP contribution in [0, 0.1) is 6.92 Å². The summed E-state index contributed by atoms with van der Waals surface area (Å²) in [5, 5.41) is 18.5. The van der Waals surface area contributed by atoms with Crippen molar-refractivity contribution in [2.45, 2.75) is 19.9 Å². The van der Waals surface area contributed by atoms with Gasteiger partial charge in [0.2, 0.25) is 4.96 Å². The maximum absolute atomic E-state index is 4.67. The maximum Gasteiger partial charge on any atom is 0.235 e. The van der Waals surface area contributed by atoms with E-state index in [1.54, 1.807) is 16.9 Å². The lowest BCUT2D eigenvalue weighted by atomic mass is 10.3. The lowest BCUT2D eigenvalue weighted by molar-refractivity contribution is 0.551. The third-order valence-corrected chi connectivity index (χ3v) is 5.38. The third-order valence-electron chi connectivity index (χ3n) is 3.54. The molecule has 0 N–H and O–H groups in total. The number of pyridine rings is 1. The number of hydrogen-bond donors (Lipinski definition) is 0. The summed E-state index contributed by atoms with van der Waals surface area (Å²) in [7, 11) is 0. The summed E-state index contributed by atoms with van der Waals surface area (Å²) in [6, 6.07) is 3.84. The van der Waals surface area contributed by atoms with E-state index in [1.165, 1.54) is 11.3 Å². The second-order valence-corrected chi connectivity index (χ2v) is 6.96. The first-order valence-electron chi connectivity index (χ1n) is 6.97. The summed E-state index contributed by atoms with van der Waals surface area (Å²) in [5.41, 5.74) is 1.85. The molecule has 116 valence electrons. The maximum atomic E-state index is 4.67. The van der Waals surface area contributed by atoms with Crippen LogP contribution in [0.5, 0.6) is 0 Å². The predicted molar refractivity (Wildman–Crippen MR) is 90.4 cm³/mol. The Balaban J connectivity index is 1.76. The van der Waals surface area contributed by atoms with Gasteiger partial charge in [-0.15, -0.1) is 10.2 Å². The molecule has 1 unspecified atom stereocenters. The molecule has 0 saturated carbocycles. The Morgan fingerprint density at radius 3 is 2.83 bits per heavy atom. The minimum Gasteiger partial charge on any atom is -0.264 e. The molecule has 4 aromatic rings. The molecular weight excluding hydrogens is 378 g/mol. The molecule has 0 radical (unpaired) electrons. The smallest absolute Gasteiger partial charge is 0.235 e. The number of nitrogens with zero attached hydrogens (tertiary/aromatic N) is 7. The Bertz CT molecular complexity index is 952. The fourth-order valence-corrected chi connectivity index (χ4v) is 3.42. The normalized spacial score (nSPS) is 12.8. The van der Waals surface area contributed by atoms with Crippen molar-refractivity contribution in [3.63, 3.8) is 0 Å². The van der Waals surface area contributed by atoms with Crippen molar-refractivity contribution in [3.8, 4) is 11.4 Å². The van der Waals surface area contributed by atoms with E-state index in [9.17, 15) is 0 Å². The largest absolute Gasteiger partial charge is 0.264 e. The Hall–Kier alpha value is -2.13. The average molecular weight is 390 g/mol. The highest BCUT2D eigenvalue weighted by atomic mass is 79.9. The van der Waals surface area contributed by atoms with Crippen LogP contribution in [0.4, 0.5) is 0 Å². The molecule has 23 heavy (non-hydrogen) atoms. The lowest BCUT2D eigenvalue weighted by Crippen LogP contribution is -2.08. The standard InChI is InChI=1S/C14H12BrN7S/c1-8-11(15)7-21(19-8)9(2)13-20-22-12(17-18-14(22)23-13)10-4-3-5-16-6-10/h3-7,9H,1-2H3. The third kappa shape index (κ3) is 2.45. The van der Waals surface area contributed by atoms with Crippen LogP contribution in [-0.2, 0) is 0 Å². The second kappa shape index (κ2) is 5.50. The topological polar surface area (TPSA) is 73.8 Å². The zero-order valence-corrected chi connectivity index (χ0v) is 14.8. The summed E-state index contributed by atoms with van der Waals surface area (Å²) < 4.78 is 4.65. The summed E-state index contributed by atoms with van der Waals surface area (Å²) in [6.07, 6.45) is 5.45. The van der Waals surface area contributed by atoms with Gasteiger partial charge in [-0.25, -0.2) is 0 Å². The van der Waals surface area contributed by atoms with Gasteiger partial charge in [-0.2, -0.15) is 14.7 Å². The van der Waals surface area contributed by atoms with Crippen molar-refractivity contribution >= 4 is 32.2 Å². The van der Waals surface area contributed by atoms with E-state index in [1.807, 2.05) is 29.9 Å². The molecular formula is C14H12BrN7S. The van der Waals surface area contributed by atoms with Crippen molar-refractivity contribution in [1.29, 1.82) is 0 Å². The highest BCUT2D eigenvalue weighted by molar-refractivity contribution is 9.10. The molecule has 1 atom stereocenters. The number of aromatic nitrogens is 7. The molecule has 0 spiro atoms. The molecule has 9 heteroatoms. The van der Waals surface area contributed by atoms with Gasteiger partial charge in [-0.05, 0) is 41.9 Å². The molecule has 0 aliphatic carbocycles. The molecule has 4 heterocycles. The summed E-state index contributed by atoms with van der Waals surface area (Å²) in [6.45, 7) is 4.03. The van der Waals surface area contributed by atoms with Gasteiger partial charge in [-0.1, -0.05) is 11.3 Å². The summed E-state index contributed by atoms with van der Waals surface area (Å²) in [4.78, 5) is 4.88. The van der Waals surface area contributed by atoms with Crippen molar-refractivity contribution in [2.75, 3.05) is 0 Å². The van der Waals surface area contributed by atoms with Crippen LogP contribution in [0.2, 0.25) is 0 Å². The number of aryl methyl sites for hydroxylation is 1. The van der Waals surface area contributed by atoms with Crippen LogP contribution in [0.25, 0.3) is 16.3 Å². The fourth-order valence-electron chi connectivity index (χ4n) is 2.25. The summed E-state index contributed by atoms with van der Waals surface area (Å²) in [5.74, 6) is 0.695. The van der Waals surface area contributed by atoms with E-state index in [0.29, 0.717) is 5.82 Å². The van der Waals surface area contributed by atoms with Crippen LogP contribution >= 0.6 is 27.3 Å². The van der Waals surface area contributed by atoms with E-state index < -0.39 is 0 Å². The lowest BCUT2D eigenvalue weighted by Gasteiger charge is -2.07.